The Hall–Kier alpha value is -1.89. The SMILES string of the molecule is CCS(=O)(=O)c1ccc(C(=O)N2CCC3(CC2)CC3C(=O)O)cc1. The van der Waals surface area contributed by atoms with Crippen LogP contribution in [0.5, 0.6) is 0 Å². The van der Waals surface area contributed by atoms with Gasteiger partial charge < -0.3 is 10.0 Å². The number of aliphatic carboxylic acids is 1. The van der Waals surface area contributed by atoms with Gasteiger partial charge in [-0.15, -0.1) is 0 Å². The van der Waals surface area contributed by atoms with Gasteiger partial charge in [0.25, 0.3) is 5.91 Å². The molecule has 7 heteroatoms. The third kappa shape index (κ3) is 2.92. The molecular formula is C17H21NO5S. The number of hydrogen-bond acceptors (Lipinski definition) is 4. The number of benzene rings is 1. The molecule has 1 amide bonds. The summed E-state index contributed by atoms with van der Waals surface area (Å²) in [5.74, 6) is -1.09. The van der Waals surface area contributed by atoms with E-state index >= 15 is 0 Å². The molecule has 1 aromatic carbocycles. The fraction of sp³-hybridized carbons (Fsp3) is 0.529. The second-order valence-electron chi connectivity index (χ2n) is 6.68. The summed E-state index contributed by atoms with van der Waals surface area (Å²) in [6.45, 7) is 2.69. The Labute approximate surface area is 141 Å². The van der Waals surface area contributed by atoms with Gasteiger partial charge in [0.2, 0.25) is 0 Å². The molecule has 24 heavy (non-hydrogen) atoms. The molecule has 6 nitrogen and oxygen atoms in total. The number of nitrogens with zero attached hydrogens (tertiary/aromatic N) is 1. The smallest absolute Gasteiger partial charge is 0.307 e. The van der Waals surface area contributed by atoms with Crippen LogP contribution in [0.1, 0.15) is 36.5 Å². The van der Waals surface area contributed by atoms with Crippen LogP contribution in [0.15, 0.2) is 29.2 Å². The molecule has 0 bridgehead atoms. The van der Waals surface area contributed by atoms with Crippen molar-refractivity contribution in [1.29, 1.82) is 0 Å². The molecule has 1 spiro atoms. The van der Waals surface area contributed by atoms with Gasteiger partial charge in [-0.25, -0.2) is 8.42 Å². The molecule has 1 saturated carbocycles. The fourth-order valence-corrected chi connectivity index (χ4v) is 4.44. The lowest BCUT2D eigenvalue weighted by Gasteiger charge is -2.32. The van der Waals surface area contributed by atoms with Crippen molar-refractivity contribution in [3.05, 3.63) is 29.8 Å². The number of likely N-dealkylation sites (tertiary alicyclic amines) is 1. The van der Waals surface area contributed by atoms with Crippen LogP contribution in [-0.2, 0) is 14.6 Å². The van der Waals surface area contributed by atoms with E-state index < -0.39 is 15.8 Å². The van der Waals surface area contributed by atoms with Crippen molar-refractivity contribution in [3.63, 3.8) is 0 Å². The van der Waals surface area contributed by atoms with Crippen molar-refractivity contribution in [1.82, 2.24) is 4.90 Å². The Kier molecular flexibility index (Phi) is 4.15. The molecule has 1 heterocycles. The maximum Gasteiger partial charge on any atom is 0.307 e. The lowest BCUT2D eigenvalue weighted by molar-refractivity contribution is -0.139. The second kappa shape index (κ2) is 5.88. The first-order chi connectivity index (χ1) is 11.3. The third-order valence-electron chi connectivity index (χ3n) is 5.37. The predicted molar refractivity (Wildman–Crippen MR) is 87.5 cm³/mol. The lowest BCUT2D eigenvalue weighted by Crippen LogP contribution is -2.40. The number of hydrogen-bond donors (Lipinski definition) is 1. The van der Waals surface area contributed by atoms with Gasteiger partial charge in [-0.3, -0.25) is 9.59 Å². The highest BCUT2D eigenvalue weighted by Crippen LogP contribution is 2.59. The molecular weight excluding hydrogens is 330 g/mol. The number of carboxylic acid groups (broad SMARTS) is 1. The maximum absolute atomic E-state index is 12.5. The van der Waals surface area contributed by atoms with Gasteiger partial charge in [0.05, 0.1) is 16.6 Å². The minimum atomic E-state index is -3.27. The standard InChI is InChI=1S/C17H21NO5S/c1-2-24(22,23)13-5-3-12(4-6-13)15(19)18-9-7-17(8-10-18)11-14(17)16(20)21/h3-6,14H,2,7-11H2,1H3,(H,20,21). The molecule has 2 aliphatic rings. The van der Waals surface area contributed by atoms with E-state index in [2.05, 4.69) is 0 Å². The van der Waals surface area contributed by atoms with Crippen molar-refractivity contribution in [2.24, 2.45) is 11.3 Å². The molecule has 1 N–H and O–H groups in total. The molecule has 0 radical (unpaired) electrons. The number of amides is 1. The van der Waals surface area contributed by atoms with E-state index in [1.807, 2.05) is 0 Å². The first kappa shape index (κ1) is 17.0. The molecule has 1 aliphatic heterocycles. The van der Waals surface area contributed by atoms with Crippen LogP contribution in [0, 0.1) is 11.3 Å². The van der Waals surface area contributed by atoms with Gasteiger partial charge in [-0.1, -0.05) is 6.92 Å². The van der Waals surface area contributed by atoms with Gasteiger partial charge in [0.15, 0.2) is 9.84 Å². The number of carbonyl (C=O) groups is 2. The molecule has 3 rings (SSSR count). The molecule has 130 valence electrons. The van der Waals surface area contributed by atoms with Crippen molar-refractivity contribution >= 4 is 21.7 Å². The molecule has 0 aromatic heterocycles. The largest absolute Gasteiger partial charge is 0.481 e. The summed E-state index contributed by atoms with van der Waals surface area (Å²) < 4.78 is 23.6. The Morgan fingerprint density at radius 1 is 1.21 bits per heavy atom. The van der Waals surface area contributed by atoms with Crippen LogP contribution in [0.3, 0.4) is 0 Å². The van der Waals surface area contributed by atoms with Gasteiger partial charge >= 0.3 is 5.97 Å². The van der Waals surface area contributed by atoms with E-state index in [9.17, 15) is 18.0 Å². The molecule has 1 saturated heterocycles. The van der Waals surface area contributed by atoms with E-state index in [4.69, 9.17) is 5.11 Å². The predicted octanol–water partition coefficient (Wildman–Crippen LogP) is 1.81. The van der Waals surface area contributed by atoms with Crippen LogP contribution in [0.2, 0.25) is 0 Å². The number of carboxylic acids is 1. The first-order valence-corrected chi connectivity index (χ1v) is 9.79. The minimum Gasteiger partial charge on any atom is -0.481 e. The van der Waals surface area contributed by atoms with Crippen LogP contribution < -0.4 is 0 Å². The summed E-state index contributed by atoms with van der Waals surface area (Å²) in [6, 6.07) is 6.04. The molecule has 1 atom stereocenters. The zero-order chi connectivity index (χ0) is 17.5. The zero-order valence-electron chi connectivity index (χ0n) is 13.6. The van der Waals surface area contributed by atoms with Crippen molar-refractivity contribution in [2.45, 2.75) is 31.1 Å². The van der Waals surface area contributed by atoms with Gasteiger partial charge in [0.1, 0.15) is 0 Å². The summed E-state index contributed by atoms with van der Waals surface area (Å²) in [5, 5.41) is 9.11. The number of piperidine rings is 1. The number of sulfone groups is 1. The quantitative estimate of drug-likeness (QED) is 0.893. The highest BCUT2D eigenvalue weighted by atomic mass is 32.2. The van der Waals surface area contributed by atoms with E-state index in [1.165, 1.54) is 12.1 Å². The van der Waals surface area contributed by atoms with Gasteiger partial charge in [-0.05, 0) is 48.9 Å². The second-order valence-corrected chi connectivity index (χ2v) is 8.96. The Bertz CT molecular complexity index is 761. The van der Waals surface area contributed by atoms with Crippen molar-refractivity contribution in [2.75, 3.05) is 18.8 Å². The summed E-state index contributed by atoms with van der Waals surface area (Å²) in [4.78, 5) is 25.6. The van der Waals surface area contributed by atoms with E-state index in [1.54, 1.807) is 24.0 Å². The average molecular weight is 351 g/mol. The first-order valence-electron chi connectivity index (χ1n) is 8.14. The minimum absolute atomic E-state index is 0.0270. The summed E-state index contributed by atoms with van der Waals surface area (Å²) in [7, 11) is -3.27. The Morgan fingerprint density at radius 2 is 1.79 bits per heavy atom. The van der Waals surface area contributed by atoms with Gasteiger partial charge in [-0.2, -0.15) is 0 Å². The topological polar surface area (TPSA) is 91.8 Å². The van der Waals surface area contributed by atoms with Crippen LogP contribution >= 0.6 is 0 Å². The average Bonchev–Trinajstić information content (AvgIpc) is 3.29. The molecule has 1 aliphatic carbocycles. The zero-order valence-corrected chi connectivity index (χ0v) is 14.4. The van der Waals surface area contributed by atoms with Crippen LogP contribution in [0.4, 0.5) is 0 Å². The van der Waals surface area contributed by atoms with Crippen molar-refractivity contribution < 1.29 is 23.1 Å². The highest BCUT2D eigenvalue weighted by Gasteiger charge is 2.59. The van der Waals surface area contributed by atoms with Gasteiger partial charge in [0, 0.05) is 18.7 Å². The van der Waals surface area contributed by atoms with Crippen LogP contribution in [-0.4, -0.2) is 49.1 Å². The maximum atomic E-state index is 12.5. The lowest BCUT2D eigenvalue weighted by atomic mass is 9.90. The monoisotopic (exact) mass is 351 g/mol. The Balaban J connectivity index is 1.65. The molecule has 1 unspecified atom stereocenters. The summed E-state index contributed by atoms with van der Waals surface area (Å²) in [5.41, 5.74) is 0.355. The highest BCUT2D eigenvalue weighted by molar-refractivity contribution is 7.91. The van der Waals surface area contributed by atoms with E-state index in [0.29, 0.717) is 25.1 Å². The third-order valence-corrected chi connectivity index (χ3v) is 7.13. The Morgan fingerprint density at radius 3 is 2.25 bits per heavy atom. The molecule has 2 fully saturated rings. The van der Waals surface area contributed by atoms with Crippen molar-refractivity contribution in [3.8, 4) is 0 Å². The van der Waals surface area contributed by atoms with E-state index in [-0.39, 0.29) is 27.9 Å². The summed E-state index contributed by atoms with van der Waals surface area (Å²) in [6.07, 6.45) is 2.16. The number of carbonyl (C=O) groups excluding carboxylic acids is 1. The molecule has 1 aromatic rings. The van der Waals surface area contributed by atoms with Crippen LogP contribution in [0.25, 0.3) is 0 Å². The number of rotatable bonds is 4. The normalized spacial score (nSPS) is 22.4. The fourth-order valence-electron chi connectivity index (χ4n) is 3.56. The summed E-state index contributed by atoms with van der Waals surface area (Å²) >= 11 is 0. The van der Waals surface area contributed by atoms with E-state index in [0.717, 1.165) is 12.8 Å².